The normalized spacial score (nSPS) is 17.4. The predicted molar refractivity (Wildman–Crippen MR) is 75.9 cm³/mol. The largest absolute Gasteiger partial charge is 0.361 e. The Kier molecular flexibility index (Phi) is 3.31. The molecule has 2 heterocycles. The summed E-state index contributed by atoms with van der Waals surface area (Å²) in [6.07, 6.45) is 9.25. The van der Waals surface area contributed by atoms with Gasteiger partial charge in [-0.2, -0.15) is 5.10 Å². The van der Waals surface area contributed by atoms with Gasteiger partial charge in [-0.15, -0.1) is 0 Å². The lowest BCUT2D eigenvalue weighted by molar-refractivity contribution is 0.302. The molecular weight excluding hydrogens is 222 g/mol. The minimum absolute atomic E-state index is 1.10. The molecule has 0 radical (unpaired) electrons. The molecule has 0 spiro atoms. The standard InChI is InChI=1S/C15H19N3/c1-2-6-10-18(9-5-1)17-12-13-11-16-15-8-4-3-7-14(13)15/h3-4,7-8,11-12,16H,1-2,5-6,9-10H2/b17-12-. The van der Waals surface area contributed by atoms with Gasteiger partial charge in [0.2, 0.25) is 0 Å². The zero-order valence-corrected chi connectivity index (χ0v) is 10.6. The molecule has 3 heteroatoms. The van der Waals surface area contributed by atoms with E-state index in [9.17, 15) is 0 Å². The number of aromatic nitrogens is 1. The maximum absolute atomic E-state index is 4.62. The molecule has 0 aliphatic carbocycles. The number of nitrogens with zero attached hydrogens (tertiary/aromatic N) is 2. The third-order valence-electron chi connectivity index (χ3n) is 3.56. The van der Waals surface area contributed by atoms with Crippen LogP contribution < -0.4 is 0 Å². The molecule has 0 saturated carbocycles. The van der Waals surface area contributed by atoms with Gasteiger partial charge in [0.1, 0.15) is 0 Å². The fraction of sp³-hybridized carbons (Fsp3) is 0.400. The van der Waals surface area contributed by atoms with Gasteiger partial charge >= 0.3 is 0 Å². The highest BCUT2D eigenvalue weighted by molar-refractivity contribution is 5.98. The van der Waals surface area contributed by atoms with Crippen LogP contribution in [-0.2, 0) is 0 Å². The summed E-state index contributed by atoms with van der Waals surface area (Å²) in [4.78, 5) is 3.28. The second-order valence-electron chi connectivity index (χ2n) is 4.90. The molecule has 94 valence electrons. The van der Waals surface area contributed by atoms with Gasteiger partial charge in [0.05, 0.1) is 6.21 Å². The summed E-state index contributed by atoms with van der Waals surface area (Å²) in [6, 6.07) is 8.35. The van der Waals surface area contributed by atoms with Crippen molar-refractivity contribution in [3.8, 4) is 0 Å². The number of aromatic amines is 1. The van der Waals surface area contributed by atoms with Crippen molar-refractivity contribution in [1.82, 2.24) is 9.99 Å². The minimum Gasteiger partial charge on any atom is -0.361 e. The fourth-order valence-corrected chi connectivity index (χ4v) is 2.51. The Labute approximate surface area is 107 Å². The number of hydrazone groups is 1. The lowest BCUT2D eigenvalue weighted by Gasteiger charge is -2.15. The van der Waals surface area contributed by atoms with Crippen molar-refractivity contribution in [2.75, 3.05) is 13.1 Å². The molecule has 1 aliphatic rings. The van der Waals surface area contributed by atoms with E-state index in [2.05, 4.69) is 39.4 Å². The quantitative estimate of drug-likeness (QED) is 0.803. The van der Waals surface area contributed by atoms with Crippen LogP contribution in [0.2, 0.25) is 0 Å². The monoisotopic (exact) mass is 241 g/mol. The molecule has 1 aromatic carbocycles. The van der Waals surface area contributed by atoms with Crippen LogP contribution in [-0.4, -0.2) is 29.3 Å². The summed E-state index contributed by atoms with van der Waals surface area (Å²) in [5.74, 6) is 0. The number of para-hydroxylation sites is 1. The second kappa shape index (κ2) is 5.25. The van der Waals surface area contributed by atoms with Crippen molar-refractivity contribution < 1.29 is 0 Å². The lowest BCUT2D eigenvalue weighted by atomic mass is 10.2. The van der Waals surface area contributed by atoms with Gasteiger partial charge in [-0.3, -0.25) is 5.01 Å². The van der Waals surface area contributed by atoms with E-state index in [1.807, 2.05) is 12.4 Å². The smallest absolute Gasteiger partial charge is 0.0564 e. The van der Waals surface area contributed by atoms with Crippen LogP contribution in [0.4, 0.5) is 0 Å². The Morgan fingerprint density at radius 3 is 2.67 bits per heavy atom. The van der Waals surface area contributed by atoms with E-state index in [4.69, 9.17) is 0 Å². The summed E-state index contributed by atoms with van der Waals surface area (Å²) in [7, 11) is 0. The minimum atomic E-state index is 1.10. The molecule has 0 bridgehead atoms. The van der Waals surface area contributed by atoms with Crippen LogP contribution in [0, 0.1) is 0 Å². The van der Waals surface area contributed by atoms with Crippen molar-refractivity contribution in [2.45, 2.75) is 25.7 Å². The SMILES string of the molecule is C(=N/N1CCCCCC1)/c1c[nH]c2ccccc12. The summed E-state index contributed by atoms with van der Waals surface area (Å²) < 4.78 is 0. The van der Waals surface area contributed by atoms with Crippen LogP contribution in [0.3, 0.4) is 0 Å². The Hall–Kier alpha value is -1.77. The van der Waals surface area contributed by atoms with Crippen molar-refractivity contribution in [2.24, 2.45) is 5.10 Å². The third-order valence-corrected chi connectivity index (χ3v) is 3.56. The zero-order chi connectivity index (χ0) is 12.2. The maximum atomic E-state index is 4.62. The van der Waals surface area contributed by atoms with Gasteiger partial charge in [-0.1, -0.05) is 31.0 Å². The molecule has 3 nitrogen and oxygen atoms in total. The Morgan fingerprint density at radius 2 is 1.83 bits per heavy atom. The van der Waals surface area contributed by atoms with E-state index in [1.165, 1.54) is 42.1 Å². The van der Waals surface area contributed by atoms with Gasteiger partial charge in [-0.05, 0) is 18.9 Å². The molecule has 2 aromatic rings. The second-order valence-corrected chi connectivity index (χ2v) is 4.90. The first-order valence-corrected chi connectivity index (χ1v) is 6.78. The van der Waals surface area contributed by atoms with E-state index < -0.39 is 0 Å². The highest BCUT2D eigenvalue weighted by atomic mass is 15.4. The molecule has 3 rings (SSSR count). The van der Waals surface area contributed by atoms with Crippen LogP contribution in [0.15, 0.2) is 35.6 Å². The molecule has 1 aliphatic heterocycles. The van der Waals surface area contributed by atoms with E-state index in [0.717, 1.165) is 13.1 Å². The molecule has 1 aromatic heterocycles. The summed E-state index contributed by atoms with van der Waals surface area (Å²) in [5, 5.41) is 8.07. The highest BCUT2D eigenvalue weighted by Crippen LogP contribution is 2.16. The van der Waals surface area contributed by atoms with Crippen LogP contribution in [0.5, 0.6) is 0 Å². The Morgan fingerprint density at radius 1 is 1.06 bits per heavy atom. The molecule has 0 atom stereocenters. The predicted octanol–water partition coefficient (Wildman–Crippen LogP) is 3.38. The first kappa shape index (κ1) is 11.3. The van der Waals surface area contributed by atoms with Gasteiger partial charge < -0.3 is 4.98 Å². The lowest BCUT2D eigenvalue weighted by Crippen LogP contribution is -2.18. The topological polar surface area (TPSA) is 31.4 Å². The molecular formula is C15H19N3. The summed E-state index contributed by atoms with van der Waals surface area (Å²) >= 11 is 0. The first-order chi connectivity index (χ1) is 8.93. The molecule has 1 N–H and O–H groups in total. The number of rotatable bonds is 2. The Bertz CT molecular complexity index is 533. The van der Waals surface area contributed by atoms with Crippen LogP contribution in [0.1, 0.15) is 31.2 Å². The number of benzene rings is 1. The number of hydrogen-bond acceptors (Lipinski definition) is 2. The van der Waals surface area contributed by atoms with Crippen molar-refractivity contribution >= 4 is 17.1 Å². The average molecular weight is 241 g/mol. The van der Waals surface area contributed by atoms with Gasteiger partial charge in [-0.25, -0.2) is 0 Å². The summed E-state index contributed by atoms with van der Waals surface area (Å²) in [5.41, 5.74) is 2.35. The van der Waals surface area contributed by atoms with Crippen LogP contribution >= 0.6 is 0 Å². The van der Waals surface area contributed by atoms with E-state index in [0.29, 0.717) is 0 Å². The van der Waals surface area contributed by atoms with E-state index in [-0.39, 0.29) is 0 Å². The number of H-pyrrole nitrogens is 1. The zero-order valence-electron chi connectivity index (χ0n) is 10.6. The molecule has 1 saturated heterocycles. The van der Waals surface area contributed by atoms with Gasteiger partial charge in [0.25, 0.3) is 0 Å². The Balaban J connectivity index is 1.78. The number of nitrogens with one attached hydrogen (secondary N) is 1. The number of fused-ring (bicyclic) bond motifs is 1. The van der Waals surface area contributed by atoms with E-state index >= 15 is 0 Å². The molecule has 18 heavy (non-hydrogen) atoms. The van der Waals surface area contributed by atoms with Crippen molar-refractivity contribution in [3.05, 3.63) is 36.0 Å². The first-order valence-electron chi connectivity index (χ1n) is 6.78. The molecule has 1 fully saturated rings. The summed E-state index contributed by atoms with van der Waals surface area (Å²) in [6.45, 7) is 2.19. The van der Waals surface area contributed by atoms with Gasteiger partial charge in [0, 0.05) is 35.8 Å². The molecule has 0 amide bonds. The van der Waals surface area contributed by atoms with Crippen molar-refractivity contribution in [1.29, 1.82) is 0 Å². The fourth-order valence-electron chi connectivity index (χ4n) is 2.51. The van der Waals surface area contributed by atoms with Crippen LogP contribution in [0.25, 0.3) is 10.9 Å². The van der Waals surface area contributed by atoms with E-state index in [1.54, 1.807) is 0 Å². The van der Waals surface area contributed by atoms with Gasteiger partial charge in [0.15, 0.2) is 0 Å². The average Bonchev–Trinajstić information content (AvgIpc) is 2.64. The van der Waals surface area contributed by atoms with Crippen molar-refractivity contribution in [3.63, 3.8) is 0 Å². The number of hydrogen-bond donors (Lipinski definition) is 1. The third kappa shape index (κ3) is 2.40. The maximum Gasteiger partial charge on any atom is 0.0564 e. The highest BCUT2D eigenvalue weighted by Gasteiger charge is 2.06. The molecule has 0 unspecified atom stereocenters.